The maximum atomic E-state index is 5.66. The van der Waals surface area contributed by atoms with Gasteiger partial charge in [-0.1, -0.05) is 12.8 Å². The van der Waals surface area contributed by atoms with Gasteiger partial charge in [0.15, 0.2) is 0 Å². The number of aryl methyl sites for hydroxylation is 1. The first-order chi connectivity index (χ1) is 5.88. The Balaban J connectivity index is 1.84. The van der Waals surface area contributed by atoms with Crippen LogP contribution >= 0.6 is 11.6 Å². The van der Waals surface area contributed by atoms with Gasteiger partial charge in [-0.2, -0.15) is 5.10 Å². The fourth-order valence-electron chi connectivity index (χ4n) is 1.32. The van der Waals surface area contributed by atoms with Crippen LogP contribution < -0.4 is 0 Å². The van der Waals surface area contributed by atoms with Crippen molar-refractivity contribution in [2.24, 2.45) is 5.92 Å². The summed E-state index contributed by atoms with van der Waals surface area (Å²) >= 11 is 5.66. The molecule has 3 heteroatoms. The van der Waals surface area contributed by atoms with Crippen LogP contribution in [0.25, 0.3) is 0 Å². The summed E-state index contributed by atoms with van der Waals surface area (Å²) in [6.07, 6.45) is 8.01. The predicted octanol–water partition coefficient (Wildman–Crippen LogP) is 2.42. The molecule has 1 aliphatic rings. The first-order valence-corrected chi connectivity index (χ1v) is 4.99. The molecule has 0 saturated heterocycles. The van der Waals surface area contributed by atoms with Gasteiger partial charge in [-0.3, -0.25) is 4.68 Å². The van der Waals surface area contributed by atoms with E-state index in [-0.39, 0.29) is 0 Å². The molecular formula is C9H13ClN2. The van der Waals surface area contributed by atoms with E-state index in [4.69, 9.17) is 11.6 Å². The lowest BCUT2D eigenvalue weighted by atomic mass is 10.3. The molecule has 66 valence electrons. The standard InChI is InChI=1S/C9H13ClN2/c10-5-9-6-11-12(7-9)4-3-8-1-2-8/h6-8H,1-5H2. The molecule has 1 saturated carbocycles. The molecule has 2 nitrogen and oxygen atoms in total. The third-order valence-electron chi connectivity index (χ3n) is 2.30. The molecule has 0 unspecified atom stereocenters. The predicted molar refractivity (Wildman–Crippen MR) is 49.1 cm³/mol. The second kappa shape index (κ2) is 3.48. The fourth-order valence-corrected chi connectivity index (χ4v) is 1.46. The zero-order valence-electron chi connectivity index (χ0n) is 7.04. The van der Waals surface area contributed by atoms with E-state index >= 15 is 0 Å². The minimum Gasteiger partial charge on any atom is -0.272 e. The number of rotatable bonds is 4. The monoisotopic (exact) mass is 184 g/mol. The Kier molecular flexibility index (Phi) is 2.35. The van der Waals surface area contributed by atoms with Crippen LogP contribution in [-0.2, 0) is 12.4 Å². The fraction of sp³-hybridized carbons (Fsp3) is 0.667. The van der Waals surface area contributed by atoms with Gasteiger partial charge in [0.05, 0.1) is 12.1 Å². The highest BCUT2D eigenvalue weighted by Gasteiger charge is 2.20. The van der Waals surface area contributed by atoms with Gasteiger partial charge < -0.3 is 0 Å². The molecule has 0 amide bonds. The SMILES string of the molecule is ClCc1cnn(CCC2CC2)c1. The van der Waals surface area contributed by atoms with E-state index in [2.05, 4.69) is 5.10 Å². The van der Waals surface area contributed by atoms with Crippen molar-refractivity contribution in [2.45, 2.75) is 31.7 Å². The average Bonchev–Trinajstić information content (AvgIpc) is 2.81. The molecule has 0 spiro atoms. The van der Waals surface area contributed by atoms with E-state index in [1.165, 1.54) is 19.3 Å². The van der Waals surface area contributed by atoms with Crippen LogP contribution in [0.1, 0.15) is 24.8 Å². The van der Waals surface area contributed by atoms with Crippen molar-refractivity contribution in [2.75, 3.05) is 0 Å². The van der Waals surface area contributed by atoms with Gasteiger partial charge in [-0.25, -0.2) is 0 Å². The van der Waals surface area contributed by atoms with E-state index < -0.39 is 0 Å². The van der Waals surface area contributed by atoms with Crippen LogP contribution in [0.2, 0.25) is 0 Å². The Morgan fingerprint density at radius 1 is 1.58 bits per heavy atom. The minimum atomic E-state index is 0.573. The lowest BCUT2D eigenvalue weighted by Gasteiger charge is -1.97. The van der Waals surface area contributed by atoms with E-state index in [1.807, 2.05) is 17.1 Å². The molecule has 2 rings (SSSR count). The van der Waals surface area contributed by atoms with Gasteiger partial charge in [-0.05, 0) is 12.3 Å². The first kappa shape index (κ1) is 8.11. The lowest BCUT2D eigenvalue weighted by molar-refractivity contribution is 0.546. The second-order valence-electron chi connectivity index (χ2n) is 3.48. The van der Waals surface area contributed by atoms with Gasteiger partial charge in [0.25, 0.3) is 0 Å². The molecule has 0 aliphatic heterocycles. The lowest BCUT2D eigenvalue weighted by Crippen LogP contribution is -1.98. The quantitative estimate of drug-likeness (QED) is 0.658. The Morgan fingerprint density at radius 2 is 2.42 bits per heavy atom. The van der Waals surface area contributed by atoms with E-state index in [1.54, 1.807) is 0 Å². The summed E-state index contributed by atoms with van der Waals surface area (Å²) in [6.45, 7) is 1.06. The Morgan fingerprint density at radius 3 is 3.00 bits per heavy atom. The second-order valence-corrected chi connectivity index (χ2v) is 3.74. The molecule has 0 aromatic carbocycles. The molecule has 0 atom stereocenters. The molecule has 1 aliphatic carbocycles. The van der Waals surface area contributed by atoms with Crippen molar-refractivity contribution in [1.82, 2.24) is 9.78 Å². The van der Waals surface area contributed by atoms with Crippen molar-refractivity contribution in [3.8, 4) is 0 Å². The molecule has 12 heavy (non-hydrogen) atoms. The van der Waals surface area contributed by atoms with Gasteiger partial charge in [0.2, 0.25) is 0 Å². The first-order valence-electron chi connectivity index (χ1n) is 4.46. The van der Waals surface area contributed by atoms with Crippen LogP contribution in [0.5, 0.6) is 0 Å². The van der Waals surface area contributed by atoms with Crippen molar-refractivity contribution >= 4 is 11.6 Å². The van der Waals surface area contributed by atoms with E-state index in [0.717, 1.165) is 18.0 Å². The highest BCUT2D eigenvalue weighted by atomic mass is 35.5. The van der Waals surface area contributed by atoms with Crippen molar-refractivity contribution < 1.29 is 0 Å². The van der Waals surface area contributed by atoms with Crippen LogP contribution in [-0.4, -0.2) is 9.78 Å². The van der Waals surface area contributed by atoms with E-state index in [0.29, 0.717) is 5.88 Å². The molecule has 1 aromatic rings. The number of aromatic nitrogens is 2. The molecule has 0 bridgehead atoms. The number of hydrogen-bond donors (Lipinski definition) is 0. The molecule has 1 heterocycles. The largest absolute Gasteiger partial charge is 0.272 e. The third-order valence-corrected chi connectivity index (χ3v) is 2.61. The Bertz CT molecular complexity index is 253. The van der Waals surface area contributed by atoms with E-state index in [9.17, 15) is 0 Å². The number of nitrogens with zero attached hydrogens (tertiary/aromatic N) is 2. The summed E-state index contributed by atoms with van der Waals surface area (Å²) in [5.74, 6) is 1.55. The maximum Gasteiger partial charge on any atom is 0.0533 e. The minimum absolute atomic E-state index is 0.573. The molecule has 0 N–H and O–H groups in total. The highest BCUT2D eigenvalue weighted by molar-refractivity contribution is 6.17. The third kappa shape index (κ3) is 2.01. The summed E-state index contributed by atoms with van der Waals surface area (Å²) in [5.41, 5.74) is 1.12. The average molecular weight is 185 g/mol. The summed E-state index contributed by atoms with van der Waals surface area (Å²) in [6, 6.07) is 0. The summed E-state index contributed by atoms with van der Waals surface area (Å²) in [5, 5.41) is 4.22. The van der Waals surface area contributed by atoms with Crippen LogP contribution in [0.4, 0.5) is 0 Å². The van der Waals surface area contributed by atoms with Crippen molar-refractivity contribution in [3.63, 3.8) is 0 Å². The van der Waals surface area contributed by atoms with Gasteiger partial charge in [0, 0.05) is 18.3 Å². The zero-order chi connectivity index (χ0) is 8.39. The Hall–Kier alpha value is -0.500. The summed E-state index contributed by atoms with van der Waals surface area (Å²) < 4.78 is 2.00. The van der Waals surface area contributed by atoms with Crippen LogP contribution in [0.3, 0.4) is 0 Å². The topological polar surface area (TPSA) is 17.8 Å². The van der Waals surface area contributed by atoms with Crippen molar-refractivity contribution in [1.29, 1.82) is 0 Å². The molecule has 1 aromatic heterocycles. The molecule has 0 radical (unpaired) electrons. The number of halogens is 1. The smallest absolute Gasteiger partial charge is 0.0533 e. The Labute approximate surface area is 77.5 Å². The molecular weight excluding hydrogens is 172 g/mol. The maximum absolute atomic E-state index is 5.66. The zero-order valence-corrected chi connectivity index (χ0v) is 7.80. The number of hydrogen-bond acceptors (Lipinski definition) is 1. The highest BCUT2D eigenvalue weighted by Crippen LogP contribution is 2.32. The normalized spacial score (nSPS) is 16.8. The van der Waals surface area contributed by atoms with Crippen molar-refractivity contribution in [3.05, 3.63) is 18.0 Å². The summed E-state index contributed by atoms with van der Waals surface area (Å²) in [4.78, 5) is 0. The van der Waals surface area contributed by atoms with Crippen LogP contribution in [0.15, 0.2) is 12.4 Å². The van der Waals surface area contributed by atoms with Gasteiger partial charge in [0.1, 0.15) is 0 Å². The number of alkyl halides is 1. The summed E-state index contributed by atoms with van der Waals surface area (Å²) in [7, 11) is 0. The van der Waals surface area contributed by atoms with Gasteiger partial charge >= 0.3 is 0 Å². The molecule has 1 fully saturated rings. The van der Waals surface area contributed by atoms with Crippen LogP contribution in [0, 0.1) is 5.92 Å². The van der Waals surface area contributed by atoms with Gasteiger partial charge in [-0.15, -0.1) is 11.6 Å².